The van der Waals surface area contributed by atoms with Crippen LogP contribution < -0.4 is 0 Å². The van der Waals surface area contributed by atoms with Crippen LogP contribution in [0.5, 0.6) is 0 Å². The molecule has 3 nitrogen and oxygen atoms in total. The second-order valence-electron chi connectivity index (χ2n) is 4.73. The van der Waals surface area contributed by atoms with Gasteiger partial charge in [0, 0.05) is 10.6 Å². The first-order chi connectivity index (χ1) is 10.5. The Bertz CT molecular complexity index is 711. The van der Waals surface area contributed by atoms with Gasteiger partial charge in [0.25, 0.3) is 0 Å². The number of carboxylic acids is 1. The third-order valence-electron chi connectivity index (χ3n) is 3.27. The van der Waals surface area contributed by atoms with Crippen LogP contribution in [-0.4, -0.2) is 16.2 Å². The second-order valence-corrected chi connectivity index (χ2v) is 5.17. The molecule has 2 N–H and O–H groups in total. The lowest BCUT2D eigenvalue weighted by Gasteiger charge is -2.10. The molecule has 5 heteroatoms. The third-order valence-corrected chi connectivity index (χ3v) is 3.51. The topological polar surface area (TPSA) is 57.5 Å². The molecule has 0 aliphatic carbocycles. The average molecular weight is 321 g/mol. The van der Waals surface area contributed by atoms with E-state index in [9.17, 15) is 14.3 Å². The second kappa shape index (κ2) is 7.09. The largest absolute Gasteiger partial charge is 0.502 e. The molecule has 0 spiro atoms. The van der Waals surface area contributed by atoms with Crippen molar-refractivity contribution in [2.45, 2.75) is 12.8 Å². The van der Waals surface area contributed by atoms with Gasteiger partial charge in [0.1, 0.15) is 5.82 Å². The monoisotopic (exact) mass is 320 g/mol. The van der Waals surface area contributed by atoms with Crippen LogP contribution in [0.15, 0.2) is 54.3 Å². The van der Waals surface area contributed by atoms with Crippen LogP contribution in [0, 0.1) is 5.82 Å². The van der Waals surface area contributed by atoms with Gasteiger partial charge in [0.05, 0.1) is 0 Å². The van der Waals surface area contributed by atoms with E-state index < -0.39 is 17.5 Å². The molecule has 0 atom stereocenters. The van der Waals surface area contributed by atoms with E-state index in [0.29, 0.717) is 16.1 Å². The molecule has 0 bridgehead atoms. The summed E-state index contributed by atoms with van der Waals surface area (Å²) >= 11 is 5.70. The standard InChI is InChI=1S/C17H14ClFO3/c18-13-8-6-12(15(19)10-13)7-9-14(16(20)17(21)22)11-4-2-1-3-5-11/h1-6,8,10,20H,7,9H2,(H,21,22)/b16-14-. The van der Waals surface area contributed by atoms with Crippen molar-refractivity contribution < 1.29 is 19.4 Å². The summed E-state index contributed by atoms with van der Waals surface area (Å²) in [6, 6.07) is 13.0. The number of aliphatic hydroxyl groups excluding tert-OH is 1. The van der Waals surface area contributed by atoms with Gasteiger partial charge in [0.2, 0.25) is 5.76 Å². The summed E-state index contributed by atoms with van der Waals surface area (Å²) in [5.41, 5.74) is 1.27. The molecule has 0 heterocycles. The molecule has 0 amide bonds. The molecule has 2 rings (SSSR count). The van der Waals surface area contributed by atoms with Gasteiger partial charge in [-0.1, -0.05) is 48.0 Å². The highest BCUT2D eigenvalue weighted by molar-refractivity contribution is 6.30. The van der Waals surface area contributed by atoms with Crippen molar-refractivity contribution in [1.29, 1.82) is 0 Å². The predicted octanol–water partition coefficient (Wildman–Crippen LogP) is 4.47. The fourth-order valence-electron chi connectivity index (χ4n) is 2.15. The zero-order chi connectivity index (χ0) is 16.1. The highest BCUT2D eigenvalue weighted by atomic mass is 35.5. The number of hydrogen-bond donors (Lipinski definition) is 2. The number of halogens is 2. The highest BCUT2D eigenvalue weighted by Gasteiger charge is 2.15. The first-order valence-electron chi connectivity index (χ1n) is 6.64. The zero-order valence-corrected chi connectivity index (χ0v) is 12.3. The molecule has 0 fully saturated rings. The molecule has 22 heavy (non-hydrogen) atoms. The molecule has 114 valence electrons. The van der Waals surface area contributed by atoms with Crippen LogP contribution in [0.1, 0.15) is 17.5 Å². The van der Waals surface area contributed by atoms with Crippen LogP contribution in [0.4, 0.5) is 4.39 Å². The quantitative estimate of drug-likeness (QED) is 0.631. The summed E-state index contributed by atoms with van der Waals surface area (Å²) < 4.78 is 13.8. The Morgan fingerprint density at radius 1 is 1.09 bits per heavy atom. The van der Waals surface area contributed by atoms with E-state index in [4.69, 9.17) is 16.7 Å². The van der Waals surface area contributed by atoms with Gasteiger partial charge >= 0.3 is 5.97 Å². The van der Waals surface area contributed by atoms with Crippen molar-refractivity contribution in [3.63, 3.8) is 0 Å². The summed E-state index contributed by atoms with van der Waals surface area (Å²) in [6.45, 7) is 0. The van der Waals surface area contributed by atoms with Gasteiger partial charge in [0.15, 0.2) is 0 Å². The van der Waals surface area contributed by atoms with Crippen LogP contribution in [0.3, 0.4) is 0 Å². The average Bonchev–Trinajstić information content (AvgIpc) is 2.50. The number of aliphatic hydroxyl groups is 1. The number of carbonyl (C=O) groups is 1. The van der Waals surface area contributed by atoms with Crippen LogP contribution >= 0.6 is 11.6 Å². The van der Waals surface area contributed by atoms with Crippen LogP contribution in [-0.2, 0) is 11.2 Å². The molecule has 0 aliphatic rings. The van der Waals surface area contributed by atoms with Crippen molar-refractivity contribution >= 4 is 23.1 Å². The zero-order valence-electron chi connectivity index (χ0n) is 11.6. The summed E-state index contributed by atoms with van der Waals surface area (Å²) in [5, 5.41) is 19.1. The van der Waals surface area contributed by atoms with Gasteiger partial charge in [-0.05, 0) is 36.1 Å². The Labute approximate surface area is 132 Å². The number of carboxylic acid groups (broad SMARTS) is 1. The highest BCUT2D eigenvalue weighted by Crippen LogP contribution is 2.25. The summed E-state index contributed by atoms with van der Waals surface area (Å²) in [7, 11) is 0. The Balaban J connectivity index is 2.29. The lowest BCUT2D eigenvalue weighted by atomic mass is 9.97. The lowest BCUT2D eigenvalue weighted by Crippen LogP contribution is -2.05. The van der Waals surface area contributed by atoms with Gasteiger partial charge in [-0.25, -0.2) is 9.18 Å². The molecule has 0 aromatic heterocycles. The Morgan fingerprint density at radius 2 is 1.77 bits per heavy atom. The van der Waals surface area contributed by atoms with E-state index in [-0.39, 0.29) is 18.4 Å². The van der Waals surface area contributed by atoms with E-state index in [1.54, 1.807) is 42.5 Å². The minimum absolute atomic E-state index is 0.195. The third kappa shape index (κ3) is 3.86. The molecule has 0 radical (unpaired) electrons. The van der Waals surface area contributed by atoms with Gasteiger partial charge in [-0.2, -0.15) is 0 Å². The van der Waals surface area contributed by atoms with E-state index >= 15 is 0 Å². The number of aliphatic carboxylic acids is 1. The number of aryl methyl sites for hydroxylation is 1. The lowest BCUT2D eigenvalue weighted by molar-refractivity contribution is -0.135. The number of allylic oxidation sites excluding steroid dienone is 1. The van der Waals surface area contributed by atoms with E-state index in [1.165, 1.54) is 6.07 Å². The normalized spacial score (nSPS) is 11.9. The fourth-order valence-corrected chi connectivity index (χ4v) is 2.31. The smallest absolute Gasteiger partial charge is 0.371 e. The minimum Gasteiger partial charge on any atom is -0.502 e. The number of hydrogen-bond acceptors (Lipinski definition) is 2. The SMILES string of the molecule is O=C(O)/C(O)=C(\CCc1ccc(Cl)cc1F)c1ccccc1. The summed E-state index contributed by atoms with van der Waals surface area (Å²) in [5.74, 6) is -2.58. The van der Waals surface area contributed by atoms with E-state index in [0.717, 1.165) is 0 Å². The predicted molar refractivity (Wildman–Crippen MR) is 83.4 cm³/mol. The maximum atomic E-state index is 13.8. The van der Waals surface area contributed by atoms with Crippen molar-refractivity contribution in [2.24, 2.45) is 0 Å². The Morgan fingerprint density at radius 3 is 2.36 bits per heavy atom. The van der Waals surface area contributed by atoms with Crippen molar-refractivity contribution in [2.75, 3.05) is 0 Å². The van der Waals surface area contributed by atoms with Gasteiger partial charge in [-0.15, -0.1) is 0 Å². The minimum atomic E-state index is -1.41. The summed E-state index contributed by atoms with van der Waals surface area (Å²) in [6.07, 6.45) is 0.450. The van der Waals surface area contributed by atoms with Crippen LogP contribution in [0.25, 0.3) is 5.57 Å². The molecule has 0 unspecified atom stereocenters. The van der Waals surface area contributed by atoms with Gasteiger partial charge in [-0.3, -0.25) is 0 Å². The van der Waals surface area contributed by atoms with Crippen molar-refractivity contribution in [3.8, 4) is 0 Å². The molecular weight excluding hydrogens is 307 g/mol. The molecule has 2 aromatic rings. The van der Waals surface area contributed by atoms with Crippen LogP contribution in [0.2, 0.25) is 5.02 Å². The Hall–Kier alpha value is -2.33. The maximum absolute atomic E-state index is 13.8. The molecule has 0 saturated carbocycles. The maximum Gasteiger partial charge on any atom is 0.371 e. The van der Waals surface area contributed by atoms with E-state index in [2.05, 4.69) is 0 Å². The molecule has 2 aromatic carbocycles. The number of benzene rings is 2. The first kappa shape index (κ1) is 16.0. The van der Waals surface area contributed by atoms with Crippen molar-refractivity contribution in [3.05, 3.63) is 76.3 Å². The van der Waals surface area contributed by atoms with Crippen molar-refractivity contribution in [1.82, 2.24) is 0 Å². The summed E-state index contributed by atoms with van der Waals surface area (Å²) in [4.78, 5) is 11.0. The Kier molecular flexibility index (Phi) is 5.17. The molecular formula is C17H14ClFO3. The molecule has 0 aliphatic heterocycles. The fraction of sp³-hybridized carbons (Fsp3) is 0.118. The van der Waals surface area contributed by atoms with E-state index in [1.807, 2.05) is 0 Å². The first-order valence-corrected chi connectivity index (χ1v) is 7.01. The van der Waals surface area contributed by atoms with Gasteiger partial charge < -0.3 is 10.2 Å². The number of rotatable bonds is 5. The molecule has 0 saturated heterocycles.